The number of nitrogens with one attached hydrogen (secondary N) is 1. The van der Waals surface area contributed by atoms with Crippen LogP contribution in [0.5, 0.6) is 0 Å². The maximum Gasteiger partial charge on any atom is 0.261 e. The van der Waals surface area contributed by atoms with Crippen molar-refractivity contribution in [1.29, 1.82) is 0 Å². The summed E-state index contributed by atoms with van der Waals surface area (Å²) in [6.07, 6.45) is 0. The van der Waals surface area contributed by atoms with Crippen LogP contribution >= 0.6 is 0 Å². The van der Waals surface area contributed by atoms with E-state index in [9.17, 15) is 21.2 Å². The van der Waals surface area contributed by atoms with Crippen LogP contribution in [0.1, 0.15) is 19.4 Å². The summed E-state index contributed by atoms with van der Waals surface area (Å²) in [4.78, 5) is -0.112. The van der Waals surface area contributed by atoms with Crippen molar-refractivity contribution in [3.8, 4) is 0 Å². The minimum absolute atomic E-state index is 0.00334. The summed E-state index contributed by atoms with van der Waals surface area (Å²) in [5, 5.41) is 0. The number of hydrogen-bond acceptors (Lipinski definition) is 4. The van der Waals surface area contributed by atoms with Crippen molar-refractivity contribution in [2.45, 2.75) is 30.6 Å². The van der Waals surface area contributed by atoms with E-state index in [1.807, 2.05) is 0 Å². The number of halogens is 1. The van der Waals surface area contributed by atoms with E-state index in [0.717, 1.165) is 24.3 Å². The Hall–Kier alpha value is -1.97. The van der Waals surface area contributed by atoms with E-state index >= 15 is 0 Å². The molecule has 0 amide bonds. The van der Waals surface area contributed by atoms with Crippen LogP contribution in [0.15, 0.2) is 52.3 Å². The first kappa shape index (κ1) is 20.3. The molecule has 0 radical (unpaired) electrons. The van der Waals surface area contributed by atoms with Gasteiger partial charge in [0, 0.05) is 13.1 Å². The van der Waals surface area contributed by atoms with E-state index in [0.29, 0.717) is 18.7 Å². The van der Waals surface area contributed by atoms with Gasteiger partial charge in [-0.15, -0.1) is 0 Å². The van der Waals surface area contributed by atoms with Gasteiger partial charge in [-0.25, -0.2) is 21.2 Å². The summed E-state index contributed by atoms with van der Waals surface area (Å²) in [5.41, 5.74) is 0.719. The fourth-order valence-electron chi connectivity index (χ4n) is 2.40. The third-order valence-electron chi connectivity index (χ3n) is 3.92. The van der Waals surface area contributed by atoms with E-state index in [-0.39, 0.29) is 15.5 Å². The van der Waals surface area contributed by atoms with Crippen LogP contribution in [0.25, 0.3) is 0 Å². The van der Waals surface area contributed by atoms with Crippen molar-refractivity contribution in [3.05, 3.63) is 53.8 Å². The molecular weight excluding hydrogens is 379 g/mol. The van der Waals surface area contributed by atoms with Crippen molar-refractivity contribution in [1.82, 2.24) is 4.31 Å². The quantitative estimate of drug-likeness (QED) is 0.774. The van der Waals surface area contributed by atoms with E-state index in [2.05, 4.69) is 4.72 Å². The highest BCUT2D eigenvalue weighted by Crippen LogP contribution is 2.25. The second-order valence-electron chi connectivity index (χ2n) is 5.63. The molecule has 6 nitrogen and oxygen atoms in total. The molecular formula is C17H21FN2O4S2. The van der Waals surface area contributed by atoms with Crippen molar-refractivity contribution < 1.29 is 21.2 Å². The van der Waals surface area contributed by atoms with Crippen LogP contribution in [0.3, 0.4) is 0 Å². The minimum atomic E-state index is -3.97. The fourth-order valence-corrected chi connectivity index (χ4v) is 5.01. The largest absolute Gasteiger partial charge is 0.279 e. The Bertz CT molecular complexity index is 984. The smallest absolute Gasteiger partial charge is 0.261 e. The molecule has 0 saturated heterocycles. The van der Waals surface area contributed by atoms with Gasteiger partial charge in [-0.05, 0) is 48.9 Å². The summed E-state index contributed by atoms with van der Waals surface area (Å²) >= 11 is 0. The molecule has 2 rings (SSSR count). The minimum Gasteiger partial charge on any atom is -0.279 e. The van der Waals surface area contributed by atoms with Gasteiger partial charge in [-0.1, -0.05) is 19.9 Å². The normalized spacial score (nSPS) is 12.3. The van der Waals surface area contributed by atoms with Crippen LogP contribution in [-0.4, -0.2) is 34.2 Å². The van der Waals surface area contributed by atoms with Gasteiger partial charge in [-0.2, -0.15) is 4.31 Å². The molecule has 0 aliphatic heterocycles. The number of aryl methyl sites for hydroxylation is 1. The summed E-state index contributed by atoms with van der Waals surface area (Å²) in [6.45, 7) is 5.74. The van der Waals surface area contributed by atoms with Gasteiger partial charge < -0.3 is 0 Å². The van der Waals surface area contributed by atoms with E-state index in [4.69, 9.17) is 0 Å². The van der Waals surface area contributed by atoms with Gasteiger partial charge in [-0.3, -0.25) is 4.72 Å². The summed E-state index contributed by atoms with van der Waals surface area (Å²) in [5.74, 6) is -0.549. The predicted molar refractivity (Wildman–Crippen MR) is 98.5 cm³/mol. The molecule has 0 bridgehead atoms. The highest BCUT2D eigenvalue weighted by atomic mass is 32.2. The number of nitrogens with zero attached hydrogens (tertiary/aromatic N) is 1. The lowest BCUT2D eigenvalue weighted by Crippen LogP contribution is -2.30. The topological polar surface area (TPSA) is 83.6 Å². The standard InChI is InChI=1S/C17H21FN2O4S2/c1-4-20(5-2)26(23,24)16-9-6-13(3)17(12-16)19-25(21,22)15-10-7-14(18)8-11-15/h6-12,19H,4-5H2,1-3H3. The Morgan fingerprint density at radius 2 is 1.46 bits per heavy atom. The van der Waals surface area contributed by atoms with E-state index in [1.165, 1.54) is 16.4 Å². The lowest BCUT2D eigenvalue weighted by atomic mass is 10.2. The molecule has 9 heteroatoms. The molecule has 0 heterocycles. The zero-order valence-electron chi connectivity index (χ0n) is 14.7. The van der Waals surface area contributed by atoms with Gasteiger partial charge >= 0.3 is 0 Å². The van der Waals surface area contributed by atoms with Gasteiger partial charge in [0.1, 0.15) is 5.82 Å². The lowest BCUT2D eigenvalue weighted by Gasteiger charge is -2.19. The van der Waals surface area contributed by atoms with Gasteiger partial charge in [0.25, 0.3) is 10.0 Å². The third kappa shape index (κ3) is 4.22. The van der Waals surface area contributed by atoms with Crippen molar-refractivity contribution >= 4 is 25.7 Å². The van der Waals surface area contributed by atoms with Crippen LogP contribution in [0, 0.1) is 12.7 Å². The van der Waals surface area contributed by atoms with Gasteiger partial charge in [0.2, 0.25) is 10.0 Å². The van der Waals surface area contributed by atoms with Gasteiger partial charge in [0.05, 0.1) is 15.5 Å². The average molecular weight is 400 g/mol. The highest BCUT2D eigenvalue weighted by Gasteiger charge is 2.23. The monoisotopic (exact) mass is 400 g/mol. The maximum atomic E-state index is 13.0. The maximum absolute atomic E-state index is 13.0. The lowest BCUT2D eigenvalue weighted by molar-refractivity contribution is 0.445. The Labute approximate surface area is 153 Å². The molecule has 0 saturated carbocycles. The van der Waals surface area contributed by atoms with Crippen LogP contribution in [0.4, 0.5) is 10.1 Å². The molecule has 0 unspecified atom stereocenters. The number of sulfonamides is 2. The molecule has 1 N–H and O–H groups in total. The first-order valence-electron chi connectivity index (χ1n) is 8.01. The third-order valence-corrected chi connectivity index (χ3v) is 7.35. The number of rotatable bonds is 7. The molecule has 2 aromatic carbocycles. The molecule has 0 atom stereocenters. The van der Waals surface area contributed by atoms with Crippen LogP contribution in [-0.2, 0) is 20.0 Å². The fraction of sp³-hybridized carbons (Fsp3) is 0.294. The molecule has 0 spiro atoms. The molecule has 2 aromatic rings. The number of benzene rings is 2. The van der Waals surface area contributed by atoms with E-state index in [1.54, 1.807) is 26.8 Å². The second kappa shape index (κ2) is 7.73. The summed E-state index contributed by atoms with van der Waals surface area (Å²) in [7, 11) is -7.69. The second-order valence-corrected chi connectivity index (χ2v) is 9.25. The van der Waals surface area contributed by atoms with Crippen LogP contribution < -0.4 is 4.72 Å². The van der Waals surface area contributed by atoms with Crippen molar-refractivity contribution in [2.75, 3.05) is 17.8 Å². The number of hydrogen-bond donors (Lipinski definition) is 1. The van der Waals surface area contributed by atoms with Gasteiger partial charge in [0.15, 0.2) is 0 Å². The molecule has 0 aromatic heterocycles. The SMILES string of the molecule is CCN(CC)S(=O)(=O)c1ccc(C)c(NS(=O)(=O)c2ccc(F)cc2)c1. The summed E-state index contributed by atoms with van der Waals surface area (Å²) in [6, 6.07) is 8.65. The first-order valence-corrected chi connectivity index (χ1v) is 10.9. The average Bonchev–Trinajstić information content (AvgIpc) is 2.57. The zero-order valence-corrected chi connectivity index (χ0v) is 16.4. The van der Waals surface area contributed by atoms with Crippen molar-refractivity contribution in [3.63, 3.8) is 0 Å². The first-order chi connectivity index (χ1) is 12.1. The Morgan fingerprint density at radius 3 is 2.00 bits per heavy atom. The van der Waals surface area contributed by atoms with Crippen molar-refractivity contribution in [2.24, 2.45) is 0 Å². The number of anilines is 1. The van der Waals surface area contributed by atoms with E-state index < -0.39 is 25.9 Å². The Balaban J connectivity index is 2.43. The molecule has 0 aliphatic carbocycles. The highest BCUT2D eigenvalue weighted by molar-refractivity contribution is 7.92. The molecule has 0 fully saturated rings. The molecule has 142 valence electrons. The Morgan fingerprint density at radius 1 is 0.923 bits per heavy atom. The predicted octanol–water partition coefficient (Wildman–Crippen LogP) is 2.97. The zero-order chi connectivity index (χ0) is 19.5. The summed E-state index contributed by atoms with van der Waals surface area (Å²) < 4.78 is 66.9. The van der Waals surface area contributed by atoms with Crippen LogP contribution in [0.2, 0.25) is 0 Å². The Kier molecular flexibility index (Phi) is 6.05. The molecule has 0 aliphatic rings. The molecule has 26 heavy (non-hydrogen) atoms.